The van der Waals surface area contributed by atoms with Gasteiger partial charge in [0.15, 0.2) is 0 Å². The molecule has 0 spiro atoms. The summed E-state index contributed by atoms with van der Waals surface area (Å²) in [4.78, 5) is 13.7. The molecule has 0 bridgehead atoms. The Bertz CT molecular complexity index is 347. The smallest absolute Gasteiger partial charge is 0.241 e. The molecule has 1 saturated heterocycles. The lowest BCUT2D eigenvalue weighted by molar-refractivity contribution is -0.129. The normalized spacial score (nSPS) is 26.7. The van der Waals surface area contributed by atoms with Gasteiger partial charge in [0, 0.05) is 7.05 Å². The topological polar surface area (TPSA) is 32.3 Å². The fourth-order valence-electron chi connectivity index (χ4n) is 1.93. The number of likely N-dealkylation sites (N-methyl/N-ethyl adjacent to an activating group) is 1. The molecular weight excluding hydrogens is 208 g/mol. The number of carbonyl (C=O) groups is 1. The molecule has 2 heterocycles. The van der Waals surface area contributed by atoms with Crippen LogP contribution in [0.25, 0.3) is 0 Å². The maximum Gasteiger partial charge on any atom is 0.241 e. The highest BCUT2D eigenvalue weighted by molar-refractivity contribution is 7.07. The van der Waals surface area contributed by atoms with Gasteiger partial charge in [-0.2, -0.15) is 11.3 Å². The first-order valence-electron chi connectivity index (χ1n) is 5.16. The van der Waals surface area contributed by atoms with E-state index in [1.54, 1.807) is 16.2 Å². The molecule has 0 radical (unpaired) electrons. The van der Waals surface area contributed by atoms with Gasteiger partial charge in [-0.25, -0.2) is 0 Å². The summed E-state index contributed by atoms with van der Waals surface area (Å²) in [5.74, 6) is 0.532. The summed E-state index contributed by atoms with van der Waals surface area (Å²) in [6.45, 7) is 4.14. The molecule has 0 aromatic carbocycles. The maximum absolute atomic E-state index is 11.9. The lowest BCUT2D eigenvalue weighted by Gasteiger charge is -2.17. The van der Waals surface area contributed by atoms with Gasteiger partial charge in [-0.15, -0.1) is 0 Å². The Morgan fingerprint density at radius 3 is 2.73 bits per heavy atom. The molecule has 2 atom stereocenters. The Labute approximate surface area is 94.1 Å². The first-order chi connectivity index (χ1) is 7.11. The standard InChI is InChI=1S/C11H16N2OS/c1-7(2)9-11(14)13(3)10(12-9)8-4-5-15-6-8/h4-7,9-10,12H,1-3H3. The Hall–Kier alpha value is -0.870. The quantitative estimate of drug-likeness (QED) is 0.831. The molecule has 15 heavy (non-hydrogen) atoms. The van der Waals surface area contributed by atoms with Gasteiger partial charge in [0.2, 0.25) is 5.91 Å². The van der Waals surface area contributed by atoms with E-state index < -0.39 is 0 Å². The van der Waals surface area contributed by atoms with Crippen molar-refractivity contribution in [1.82, 2.24) is 10.2 Å². The van der Waals surface area contributed by atoms with Crippen LogP contribution in [0.5, 0.6) is 0 Å². The van der Waals surface area contributed by atoms with Gasteiger partial charge in [-0.05, 0) is 28.3 Å². The fraction of sp³-hybridized carbons (Fsp3) is 0.545. The van der Waals surface area contributed by atoms with Crippen LogP contribution >= 0.6 is 11.3 Å². The molecule has 1 fully saturated rings. The Balaban J connectivity index is 2.21. The largest absolute Gasteiger partial charge is 0.325 e. The summed E-state index contributed by atoms with van der Waals surface area (Å²) < 4.78 is 0. The molecule has 0 saturated carbocycles. The monoisotopic (exact) mass is 224 g/mol. The molecule has 3 nitrogen and oxygen atoms in total. The summed E-state index contributed by atoms with van der Waals surface area (Å²) in [6, 6.07) is 2.02. The second-order valence-electron chi connectivity index (χ2n) is 4.30. The molecule has 82 valence electrons. The number of thiophene rings is 1. The molecule has 1 N–H and O–H groups in total. The van der Waals surface area contributed by atoms with E-state index in [0.717, 1.165) is 0 Å². The third kappa shape index (κ3) is 1.79. The van der Waals surface area contributed by atoms with E-state index >= 15 is 0 Å². The first kappa shape index (κ1) is 10.6. The third-order valence-corrected chi connectivity index (χ3v) is 3.57. The average Bonchev–Trinajstić information content (AvgIpc) is 2.77. The molecular formula is C11H16N2OS. The van der Waals surface area contributed by atoms with Crippen molar-refractivity contribution in [2.24, 2.45) is 5.92 Å². The van der Waals surface area contributed by atoms with Crippen LogP contribution < -0.4 is 5.32 Å². The van der Waals surface area contributed by atoms with Crippen molar-refractivity contribution in [2.75, 3.05) is 7.05 Å². The van der Waals surface area contributed by atoms with E-state index in [4.69, 9.17) is 0 Å². The van der Waals surface area contributed by atoms with Gasteiger partial charge >= 0.3 is 0 Å². The van der Waals surface area contributed by atoms with Gasteiger partial charge in [-0.3, -0.25) is 10.1 Å². The molecule has 1 amide bonds. The number of hydrogen-bond donors (Lipinski definition) is 1. The molecule has 4 heteroatoms. The Morgan fingerprint density at radius 1 is 1.53 bits per heavy atom. The van der Waals surface area contributed by atoms with Crippen LogP contribution in [0.15, 0.2) is 16.8 Å². The van der Waals surface area contributed by atoms with Crippen LogP contribution in [0.3, 0.4) is 0 Å². The number of nitrogens with one attached hydrogen (secondary N) is 1. The van der Waals surface area contributed by atoms with Gasteiger partial charge in [0.25, 0.3) is 0 Å². The fourth-order valence-corrected chi connectivity index (χ4v) is 2.61. The van der Waals surface area contributed by atoms with Crippen LogP contribution in [-0.2, 0) is 4.79 Å². The van der Waals surface area contributed by atoms with Gasteiger partial charge < -0.3 is 4.90 Å². The van der Waals surface area contributed by atoms with Crippen LogP contribution in [0.2, 0.25) is 0 Å². The van der Waals surface area contributed by atoms with Gasteiger partial charge in [0.05, 0.1) is 6.04 Å². The number of hydrogen-bond acceptors (Lipinski definition) is 3. The van der Waals surface area contributed by atoms with Gasteiger partial charge in [0.1, 0.15) is 6.17 Å². The zero-order valence-electron chi connectivity index (χ0n) is 9.23. The van der Waals surface area contributed by atoms with E-state index in [9.17, 15) is 4.79 Å². The zero-order valence-corrected chi connectivity index (χ0v) is 10.0. The Morgan fingerprint density at radius 2 is 2.27 bits per heavy atom. The van der Waals surface area contributed by atoms with Crippen molar-refractivity contribution in [1.29, 1.82) is 0 Å². The molecule has 1 aliphatic rings. The maximum atomic E-state index is 11.9. The van der Waals surface area contributed by atoms with Crippen LogP contribution in [0, 0.1) is 5.92 Å². The predicted molar refractivity (Wildman–Crippen MR) is 61.6 cm³/mol. The second kappa shape index (κ2) is 3.94. The molecule has 2 unspecified atom stereocenters. The van der Waals surface area contributed by atoms with Gasteiger partial charge in [-0.1, -0.05) is 13.8 Å². The highest BCUT2D eigenvalue weighted by atomic mass is 32.1. The SMILES string of the molecule is CC(C)C1NC(c2ccsc2)N(C)C1=O. The minimum Gasteiger partial charge on any atom is -0.325 e. The minimum absolute atomic E-state index is 0.0418. The zero-order chi connectivity index (χ0) is 11.0. The lowest BCUT2D eigenvalue weighted by atomic mass is 10.1. The molecule has 1 aromatic rings. The molecule has 1 aromatic heterocycles. The Kier molecular flexibility index (Phi) is 2.80. The number of amides is 1. The van der Waals surface area contributed by atoms with Crippen LogP contribution in [0.1, 0.15) is 25.6 Å². The third-order valence-electron chi connectivity index (χ3n) is 2.86. The van der Waals surface area contributed by atoms with E-state index in [-0.39, 0.29) is 18.1 Å². The lowest BCUT2D eigenvalue weighted by Crippen LogP contribution is -2.33. The van der Waals surface area contributed by atoms with Crippen molar-refractivity contribution >= 4 is 17.2 Å². The summed E-state index contributed by atoms with van der Waals surface area (Å²) in [5.41, 5.74) is 1.18. The molecule has 1 aliphatic heterocycles. The number of carbonyl (C=O) groups excluding carboxylic acids is 1. The van der Waals surface area contributed by atoms with Crippen molar-refractivity contribution in [3.63, 3.8) is 0 Å². The van der Waals surface area contributed by atoms with E-state index in [1.807, 2.05) is 12.4 Å². The molecule has 2 rings (SSSR count). The predicted octanol–water partition coefficient (Wildman–Crippen LogP) is 1.83. The van der Waals surface area contributed by atoms with E-state index in [0.29, 0.717) is 5.92 Å². The minimum atomic E-state index is -0.0418. The van der Waals surface area contributed by atoms with Crippen LogP contribution in [0.4, 0.5) is 0 Å². The van der Waals surface area contributed by atoms with Crippen molar-refractivity contribution < 1.29 is 4.79 Å². The van der Waals surface area contributed by atoms with Crippen molar-refractivity contribution in [3.05, 3.63) is 22.4 Å². The highest BCUT2D eigenvalue weighted by Gasteiger charge is 2.38. The van der Waals surface area contributed by atoms with E-state index in [1.165, 1.54) is 5.56 Å². The van der Waals surface area contributed by atoms with E-state index in [2.05, 4.69) is 30.6 Å². The van der Waals surface area contributed by atoms with Crippen molar-refractivity contribution in [3.8, 4) is 0 Å². The van der Waals surface area contributed by atoms with Crippen molar-refractivity contribution in [2.45, 2.75) is 26.1 Å². The number of nitrogens with zero attached hydrogens (tertiary/aromatic N) is 1. The number of rotatable bonds is 2. The summed E-state index contributed by atoms with van der Waals surface area (Å²) in [5, 5.41) is 7.50. The average molecular weight is 224 g/mol. The summed E-state index contributed by atoms with van der Waals surface area (Å²) >= 11 is 1.66. The van der Waals surface area contributed by atoms with Crippen LogP contribution in [-0.4, -0.2) is 23.9 Å². The molecule has 0 aliphatic carbocycles. The first-order valence-corrected chi connectivity index (χ1v) is 6.10. The summed E-state index contributed by atoms with van der Waals surface area (Å²) in [6.07, 6.45) is 0.0520. The second-order valence-corrected chi connectivity index (χ2v) is 5.08. The highest BCUT2D eigenvalue weighted by Crippen LogP contribution is 2.27. The summed E-state index contributed by atoms with van der Waals surface area (Å²) in [7, 11) is 1.86.